The molecule has 21 heavy (non-hydrogen) atoms. The van der Waals surface area contributed by atoms with Gasteiger partial charge in [-0.2, -0.15) is 5.10 Å². The maximum absolute atomic E-state index is 4.26. The molecule has 1 aliphatic heterocycles. The van der Waals surface area contributed by atoms with E-state index in [0.717, 1.165) is 36.9 Å². The topological polar surface area (TPSA) is 34.0 Å². The number of halogens is 1. The zero-order valence-corrected chi connectivity index (χ0v) is 13.9. The van der Waals surface area contributed by atoms with Crippen molar-refractivity contribution in [3.63, 3.8) is 0 Å². The highest BCUT2D eigenvalue weighted by atomic mass is 79.9. The summed E-state index contributed by atoms with van der Waals surface area (Å²) in [5.41, 5.74) is 1.41. The molecule has 1 fully saturated rings. The number of piperidine rings is 1. The van der Waals surface area contributed by atoms with Crippen LogP contribution in [-0.4, -0.2) is 39.3 Å². The van der Waals surface area contributed by atoms with E-state index in [1.807, 2.05) is 11.0 Å². The lowest BCUT2D eigenvalue weighted by molar-refractivity contribution is 0.173. The van der Waals surface area contributed by atoms with Crippen molar-refractivity contribution < 1.29 is 0 Å². The van der Waals surface area contributed by atoms with E-state index in [1.165, 1.54) is 5.56 Å². The van der Waals surface area contributed by atoms with Crippen LogP contribution < -0.4 is 0 Å². The maximum Gasteiger partial charge on any atom is 0.137 e. The van der Waals surface area contributed by atoms with E-state index in [0.29, 0.717) is 12.0 Å². The molecule has 0 unspecified atom stereocenters. The van der Waals surface area contributed by atoms with Gasteiger partial charge in [0.25, 0.3) is 0 Å². The fraction of sp³-hybridized carbons (Fsp3) is 0.500. The van der Waals surface area contributed by atoms with E-state index in [-0.39, 0.29) is 0 Å². The highest BCUT2D eigenvalue weighted by molar-refractivity contribution is 9.10. The first-order chi connectivity index (χ1) is 10.2. The molecule has 0 saturated carbocycles. The Hall–Kier alpha value is -1.20. The lowest BCUT2D eigenvalue weighted by atomic mass is 9.98. The number of hydrogen-bond acceptors (Lipinski definition) is 3. The Morgan fingerprint density at radius 2 is 2.14 bits per heavy atom. The number of nitrogens with zero attached hydrogens (tertiary/aromatic N) is 4. The molecule has 1 aliphatic rings. The van der Waals surface area contributed by atoms with Crippen LogP contribution in [0.25, 0.3) is 0 Å². The highest BCUT2D eigenvalue weighted by Gasteiger charge is 2.22. The Morgan fingerprint density at radius 3 is 2.81 bits per heavy atom. The van der Waals surface area contributed by atoms with Crippen molar-refractivity contribution in [1.29, 1.82) is 0 Å². The first kappa shape index (κ1) is 14.7. The van der Waals surface area contributed by atoms with Crippen molar-refractivity contribution in [2.45, 2.75) is 31.7 Å². The molecule has 2 heterocycles. The summed E-state index contributed by atoms with van der Waals surface area (Å²) >= 11 is 3.56. The lowest BCUT2D eigenvalue weighted by Gasteiger charge is -2.33. The third-order valence-corrected chi connectivity index (χ3v) is 4.81. The summed E-state index contributed by atoms with van der Waals surface area (Å²) in [7, 11) is 0. The largest absolute Gasteiger partial charge is 0.303 e. The molecule has 0 radical (unpaired) electrons. The fourth-order valence-corrected chi connectivity index (χ4v) is 3.50. The van der Waals surface area contributed by atoms with Gasteiger partial charge in [-0.1, -0.05) is 35.0 Å². The molecule has 0 aliphatic carbocycles. The summed E-state index contributed by atoms with van der Waals surface area (Å²) in [5, 5.41) is 4.26. The lowest BCUT2D eigenvalue weighted by Crippen LogP contribution is -2.37. The maximum atomic E-state index is 4.26. The molecular formula is C16H21BrN4. The van der Waals surface area contributed by atoms with Crippen LogP contribution in [0.5, 0.6) is 0 Å². The molecule has 5 heteroatoms. The van der Waals surface area contributed by atoms with Crippen LogP contribution in [0.1, 0.15) is 37.3 Å². The fourth-order valence-electron chi connectivity index (χ4n) is 3.08. The SMILES string of the molecule is C[C@H](CN1CCC(n2cncn2)CC1)c1cccc(Br)c1. The average Bonchev–Trinajstić information content (AvgIpc) is 3.02. The van der Waals surface area contributed by atoms with Gasteiger partial charge in [0.2, 0.25) is 0 Å². The van der Waals surface area contributed by atoms with Crippen LogP contribution in [-0.2, 0) is 0 Å². The van der Waals surface area contributed by atoms with Crippen LogP contribution in [0.4, 0.5) is 0 Å². The molecule has 4 nitrogen and oxygen atoms in total. The quantitative estimate of drug-likeness (QED) is 0.848. The van der Waals surface area contributed by atoms with Gasteiger partial charge in [-0.05, 0) is 36.5 Å². The number of likely N-dealkylation sites (tertiary alicyclic amines) is 1. The molecule has 112 valence electrons. The molecule has 3 rings (SSSR count). The van der Waals surface area contributed by atoms with Crippen LogP contribution in [0, 0.1) is 0 Å². The molecule has 0 amide bonds. The van der Waals surface area contributed by atoms with E-state index in [4.69, 9.17) is 0 Å². The van der Waals surface area contributed by atoms with Gasteiger partial charge in [-0.3, -0.25) is 0 Å². The van der Waals surface area contributed by atoms with Crippen molar-refractivity contribution in [2.24, 2.45) is 0 Å². The van der Waals surface area contributed by atoms with Crippen LogP contribution in [0.2, 0.25) is 0 Å². The second-order valence-electron chi connectivity index (χ2n) is 5.86. The number of benzene rings is 1. The molecule has 2 aromatic rings. The Labute approximate surface area is 134 Å². The van der Waals surface area contributed by atoms with Gasteiger partial charge < -0.3 is 4.90 Å². The minimum Gasteiger partial charge on any atom is -0.303 e. The van der Waals surface area contributed by atoms with E-state index in [9.17, 15) is 0 Å². The van der Waals surface area contributed by atoms with Crippen LogP contribution >= 0.6 is 15.9 Å². The van der Waals surface area contributed by atoms with E-state index < -0.39 is 0 Å². The summed E-state index contributed by atoms with van der Waals surface area (Å²) in [5.74, 6) is 0.561. The first-order valence-corrected chi connectivity index (χ1v) is 8.33. The van der Waals surface area contributed by atoms with Crippen molar-refractivity contribution >= 4 is 15.9 Å². The van der Waals surface area contributed by atoms with Crippen molar-refractivity contribution in [3.05, 3.63) is 47.0 Å². The van der Waals surface area contributed by atoms with Gasteiger partial charge in [-0.15, -0.1) is 0 Å². The zero-order valence-electron chi connectivity index (χ0n) is 12.3. The van der Waals surface area contributed by atoms with Gasteiger partial charge in [0.1, 0.15) is 12.7 Å². The van der Waals surface area contributed by atoms with Crippen molar-refractivity contribution in [2.75, 3.05) is 19.6 Å². The second-order valence-corrected chi connectivity index (χ2v) is 6.78. The standard InChI is InChI=1S/C16H21BrN4/c1-13(14-3-2-4-15(17)9-14)10-20-7-5-16(6-8-20)21-12-18-11-19-21/h2-4,9,11-13,16H,5-8,10H2,1H3/t13-/m1/s1. The predicted molar refractivity (Wildman–Crippen MR) is 87.3 cm³/mol. The third-order valence-electron chi connectivity index (χ3n) is 4.32. The first-order valence-electron chi connectivity index (χ1n) is 7.54. The number of hydrogen-bond donors (Lipinski definition) is 0. The highest BCUT2D eigenvalue weighted by Crippen LogP contribution is 2.25. The molecular weight excluding hydrogens is 328 g/mol. The summed E-state index contributed by atoms with van der Waals surface area (Å²) in [6.45, 7) is 5.72. The van der Waals surface area contributed by atoms with Gasteiger partial charge >= 0.3 is 0 Å². The molecule has 0 spiro atoms. The van der Waals surface area contributed by atoms with Crippen molar-refractivity contribution in [3.8, 4) is 0 Å². The van der Waals surface area contributed by atoms with Crippen LogP contribution in [0.15, 0.2) is 41.4 Å². The molecule has 0 N–H and O–H groups in total. The second kappa shape index (κ2) is 6.71. The van der Waals surface area contributed by atoms with E-state index >= 15 is 0 Å². The number of rotatable bonds is 4. The number of aromatic nitrogens is 3. The molecule has 1 saturated heterocycles. The van der Waals surface area contributed by atoms with Gasteiger partial charge in [0.05, 0.1) is 6.04 Å². The summed E-state index contributed by atoms with van der Waals surface area (Å²) in [4.78, 5) is 6.61. The monoisotopic (exact) mass is 348 g/mol. The average molecular weight is 349 g/mol. The van der Waals surface area contributed by atoms with E-state index in [1.54, 1.807) is 6.33 Å². The molecule has 1 aromatic heterocycles. The van der Waals surface area contributed by atoms with Gasteiger partial charge in [-0.25, -0.2) is 9.67 Å². The van der Waals surface area contributed by atoms with E-state index in [2.05, 4.69) is 62.1 Å². The van der Waals surface area contributed by atoms with Crippen molar-refractivity contribution in [1.82, 2.24) is 19.7 Å². The van der Waals surface area contributed by atoms with Gasteiger partial charge in [0.15, 0.2) is 0 Å². The molecule has 1 aromatic carbocycles. The third kappa shape index (κ3) is 3.71. The Kier molecular flexibility index (Phi) is 4.70. The Balaban J connectivity index is 1.53. The summed E-state index contributed by atoms with van der Waals surface area (Å²) in [6.07, 6.45) is 5.79. The normalized spacial score (nSPS) is 18.8. The Morgan fingerprint density at radius 1 is 1.33 bits per heavy atom. The zero-order chi connectivity index (χ0) is 14.7. The molecule has 1 atom stereocenters. The summed E-state index contributed by atoms with van der Waals surface area (Å²) in [6, 6.07) is 9.17. The predicted octanol–water partition coefficient (Wildman–Crippen LogP) is 3.48. The van der Waals surface area contributed by atoms with Gasteiger partial charge in [0, 0.05) is 24.1 Å². The minimum atomic E-state index is 0.518. The molecule has 0 bridgehead atoms. The summed E-state index contributed by atoms with van der Waals surface area (Å²) < 4.78 is 3.17. The minimum absolute atomic E-state index is 0.518. The Bertz CT molecular complexity index is 561. The smallest absolute Gasteiger partial charge is 0.137 e. The van der Waals surface area contributed by atoms with Crippen LogP contribution in [0.3, 0.4) is 0 Å².